The Hall–Kier alpha value is -2.09. The third-order valence-corrected chi connectivity index (χ3v) is 13.0. The van der Waals surface area contributed by atoms with Crippen LogP contribution < -0.4 is 0 Å². The molecule has 0 aromatic rings. The maximum absolute atomic E-state index is 12.8. The topological polar surface area (TPSA) is 186 Å². The third kappa shape index (κ3) is 36.9. The zero-order valence-electron chi connectivity index (χ0n) is 41.6. The van der Waals surface area contributed by atoms with Gasteiger partial charge < -0.3 is 34.3 Å². The molecule has 0 saturated carbocycles. The molecular weight excluding hydrogens is 861 g/mol. The van der Waals surface area contributed by atoms with Crippen LogP contribution in [-0.2, 0) is 38.7 Å². The molecule has 1 rings (SSSR count). The molecule has 1 heterocycles. The van der Waals surface area contributed by atoms with Crippen molar-refractivity contribution >= 4 is 22.1 Å². The van der Waals surface area contributed by atoms with Crippen molar-refractivity contribution < 1.29 is 56.8 Å². The molecule has 1 aliphatic heterocycles. The van der Waals surface area contributed by atoms with Crippen molar-refractivity contribution in [3.63, 3.8) is 0 Å². The number of allylic oxidation sites excluding steroid dienone is 3. The zero-order chi connectivity index (χ0) is 48.4. The molecule has 13 heteroatoms. The second-order valence-electron chi connectivity index (χ2n) is 18.6. The largest absolute Gasteiger partial charge is 0.462 e. The smallest absolute Gasteiger partial charge is 0.306 e. The summed E-state index contributed by atoms with van der Waals surface area (Å²) in [6, 6.07) is 0. The second kappa shape index (κ2) is 43.0. The van der Waals surface area contributed by atoms with E-state index in [1.165, 1.54) is 141 Å². The molecule has 0 spiro atoms. The molecule has 0 aromatic carbocycles. The van der Waals surface area contributed by atoms with Gasteiger partial charge in [-0.2, -0.15) is 8.42 Å². The van der Waals surface area contributed by atoms with Crippen molar-refractivity contribution in [3.05, 3.63) is 30.0 Å². The highest BCUT2D eigenvalue weighted by Crippen LogP contribution is 2.24. The molecule has 0 radical (unpaired) electrons. The average Bonchev–Trinajstić information content (AvgIpc) is 3.28. The van der Waals surface area contributed by atoms with Gasteiger partial charge in [0.2, 0.25) is 0 Å². The summed E-state index contributed by atoms with van der Waals surface area (Å²) in [5.41, 5.74) is 3.28. The van der Waals surface area contributed by atoms with Crippen LogP contribution in [0.3, 0.4) is 0 Å². The van der Waals surface area contributed by atoms with Crippen LogP contribution in [0.5, 0.6) is 0 Å². The second-order valence-corrected chi connectivity index (χ2v) is 20.1. The van der Waals surface area contributed by atoms with E-state index in [1.54, 1.807) is 0 Å². The first-order valence-corrected chi connectivity index (χ1v) is 28.2. The number of carbonyl (C=O) groups is 2. The third-order valence-electron chi connectivity index (χ3n) is 12.3. The van der Waals surface area contributed by atoms with Crippen molar-refractivity contribution in [1.29, 1.82) is 0 Å². The van der Waals surface area contributed by atoms with E-state index >= 15 is 0 Å². The van der Waals surface area contributed by atoms with Crippen molar-refractivity contribution in [2.24, 2.45) is 0 Å². The van der Waals surface area contributed by atoms with Gasteiger partial charge in [-0.1, -0.05) is 180 Å². The molecule has 1 fully saturated rings. The summed E-state index contributed by atoms with van der Waals surface area (Å²) >= 11 is 0. The highest BCUT2D eigenvalue weighted by Gasteiger charge is 2.46. The van der Waals surface area contributed by atoms with E-state index in [2.05, 4.69) is 43.9 Å². The molecule has 386 valence electrons. The minimum absolute atomic E-state index is 0.140. The predicted octanol–water partition coefficient (Wildman–Crippen LogP) is 12.1. The molecule has 1 saturated heterocycles. The molecule has 1 aliphatic rings. The molecule has 6 atom stereocenters. The van der Waals surface area contributed by atoms with E-state index in [-0.39, 0.29) is 19.4 Å². The molecule has 66 heavy (non-hydrogen) atoms. The molecular formula is C53H96O12S. The van der Waals surface area contributed by atoms with Crippen LogP contribution in [0.4, 0.5) is 0 Å². The van der Waals surface area contributed by atoms with Gasteiger partial charge in [0.25, 0.3) is 10.1 Å². The average molecular weight is 957 g/mol. The molecule has 0 aromatic heterocycles. The lowest BCUT2D eigenvalue weighted by atomic mass is 10.00. The van der Waals surface area contributed by atoms with Gasteiger partial charge in [0, 0.05) is 12.8 Å². The van der Waals surface area contributed by atoms with Gasteiger partial charge in [0.05, 0.1) is 6.61 Å². The van der Waals surface area contributed by atoms with Crippen molar-refractivity contribution in [2.75, 3.05) is 19.0 Å². The summed E-state index contributed by atoms with van der Waals surface area (Å²) in [6.07, 6.45) is 38.7. The Morgan fingerprint density at radius 2 is 0.970 bits per heavy atom. The van der Waals surface area contributed by atoms with Crippen molar-refractivity contribution in [1.82, 2.24) is 0 Å². The highest BCUT2D eigenvalue weighted by atomic mass is 32.2. The fraction of sp³-hybridized carbons (Fsp3) is 0.868. The maximum atomic E-state index is 12.8. The first kappa shape index (κ1) is 61.9. The van der Waals surface area contributed by atoms with E-state index in [0.717, 1.165) is 57.8 Å². The maximum Gasteiger partial charge on any atom is 0.306 e. The predicted molar refractivity (Wildman–Crippen MR) is 265 cm³/mol. The lowest BCUT2D eigenvalue weighted by molar-refractivity contribution is -0.297. The van der Waals surface area contributed by atoms with Crippen LogP contribution in [0, 0.1) is 0 Å². The summed E-state index contributed by atoms with van der Waals surface area (Å²) in [4.78, 5) is 25.5. The Morgan fingerprint density at radius 3 is 1.45 bits per heavy atom. The molecule has 2 unspecified atom stereocenters. The summed E-state index contributed by atoms with van der Waals surface area (Å²) in [5.74, 6) is -2.04. The van der Waals surface area contributed by atoms with E-state index in [9.17, 15) is 37.9 Å². The number of aliphatic hydroxyl groups is 3. The zero-order valence-corrected chi connectivity index (χ0v) is 42.4. The normalized spacial score (nSPS) is 19.2. The fourth-order valence-electron chi connectivity index (χ4n) is 8.13. The summed E-state index contributed by atoms with van der Waals surface area (Å²) in [5, 5.41) is 31.0. The number of hydrogen-bond acceptors (Lipinski definition) is 11. The number of unbranched alkanes of at least 4 members (excludes halogenated alkanes) is 29. The summed E-state index contributed by atoms with van der Waals surface area (Å²) < 4.78 is 54.2. The number of carbonyl (C=O) groups excluding carboxylic acids is 2. The van der Waals surface area contributed by atoms with Gasteiger partial charge >= 0.3 is 11.9 Å². The van der Waals surface area contributed by atoms with Crippen LogP contribution >= 0.6 is 0 Å². The lowest BCUT2D eigenvalue weighted by Crippen LogP contribution is -2.60. The van der Waals surface area contributed by atoms with Gasteiger partial charge in [-0.15, -0.1) is 5.73 Å². The highest BCUT2D eigenvalue weighted by molar-refractivity contribution is 7.85. The van der Waals surface area contributed by atoms with Crippen LogP contribution in [0.15, 0.2) is 30.0 Å². The molecule has 0 bridgehead atoms. The molecule has 4 N–H and O–H groups in total. The number of ether oxygens (including phenoxy) is 4. The Morgan fingerprint density at radius 1 is 0.545 bits per heavy atom. The first-order chi connectivity index (χ1) is 32.0. The minimum atomic E-state index is -4.61. The minimum Gasteiger partial charge on any atom is -0.462 e. The van der Waals surface area contributed by atoms with E-state index in [4.69, 9.17) is 18.9 Å². The lowest BCUT2D eigenvalue weighted by Gasteiger charge is -2.40. The standard InChI is InChI=1S/C53H96O12S/c1-3-5-7-9-11-13-15-17-19-20-21-22-23-24-25-26-28-29-31-33-35-37-39-41-48(54)62-43-46(44-63-53-52(58)51(57)50(56)47(65-53)45-66(59,60)61)64-49(55)42-40-38-36-34-32-30-27-18-16-14-12-10-8-6-4-2/h16,27,33,35,46-47,50-53,56-58H,3-15,17,19-26,28-32,34,36-45H2,1-2H3,(H,59,60,61)/b35-33+/t18?,46-,47-,50-,51?,52?,53+/m1/s1. The van der Waals surface area contributed by atoms with Crippen molar-refractivity contribution in [3.8, 4) is 0 Å². The number of esters is 2. The Bertz CT molecular complexity index is 1360. The Balaban J connectivity index is 2.35. The van der Waals surface area contributed by atoms with Gasteiger partial charge in [-0.3, -0.25) is 14.1 Å². The Kier molecular flexibility index (Phi) is 40.3. The SMILES string of the molecule is CCCCCCCC=C=CCCCCCCCC(=O)O[C@H](COC(=O)CCC/C=C/CCCCCCCCCCCCCCCCCCCC)CO[C@H]1O[C@H](CS(=O)(=O)O)[C@@H](O)C(O)C1O. The summed E-state index contributed by atoms with van der Waals surface area (Å²) in [7, 11) is -4.61. The quantitative estimate of drug-likeness (QED) is 0.0149. The van der Waals surface area contributed by atoms with Gasteiger partial charge in [0.15, 0.2) is 12.4 Å². The van der Waals surface area contributed by atoms with Gasteiger partial charge in [-0.05, 0) is 69.9 Å². The van der Waals surface area contributed by atoms with E-state index < -0.39 is 71.2 Å². The van der Waals surface area contributed by atoms with Gasteiger partial charge in [0.1, 0.15) is 36.8 Å². The van der Waals surface area contributed by atoms with Gasteiger partial charge in [-0.25, -0.2) is 0 Å². The fourth-order valence-corrected chi connectivity index (χ4v) is 8.82. The number of rotatable bonds is 45. The van der Waals surface area contributed by atoms with E-state index in [1.807, 2.05) is 0 Å². The first-order valence-electron chi connectivity index (χ1n) is 26.6. The van der Waals surface area contributed by atoms with E-state index in [0.29, 0.717) is 12.8 Å². The molecule has 0 aliphatic carbocycles. The van der Waals surface area contributed by atoms with Crippen LogP contribution in [-0.4, -0.2) is 96.0 Å². The summed E-state index contributed by atoms with van der Waals surface area (Å²) in [6.45, 7) is 3.74. The van der Waals surface area contributed by atoms with Crippen LogP contribution in [0.25, 0.3) is 0 Å². The van der Waals surface area contributed by atoms with Crippen molar-refractivity contribution in [2.45, 2.75) is 275 Å². The number of aliphatic hydroxyl groups excluding tert-OH is 3. The van der Waals surface area contributed by atoms with Crippen LogP contribution in [0.2, 0.25) is 0 Å². The van der Waals surface area contributed by atoms with Crippen LogP contribution in [0.1, 0.15) is 239 Å². The number of hydrogen-bond donors (Lipinski definition) is 4. The Labute approximate surface area is 401 Å². The monoisotopic (exact) mass is 957 g/mol. The molecule has 12 nitrogen and oxygen atoms in total. The molecule has 0 amide bonds.